The molecule has 17 heavy (non-hydrogen) atoms. The Morgan fingerprint density at radius 2 is 2.06 bits per heavy atom. The number of carbonyl (C=O) groups excluding carboxylic acids is 1. The van der Waals surface area contributed by atoms with Crippen LogP contribution in [0.5, 0.6) is 0 Å². The fraction of sp³-hybridized carbons (Fsp3) is 0.923. The van der Waals surface area contributed by atoms with Crippen LogP contribution < -0.4 is 10.6 Å². The van der Waals surface area contributed by atoms with E-state index < -0.39 is 0 Å². The number of amides is 1. The second kappa shape index (κ2) is 6.97. The van der Waals surface area contributed by atoms with E-state index in [1.54, 1.807) is 0 Å². The molecule has 1 fully saturated rings. The highest BCUT2D eigenvalue weighted by Gasteiger charge is 2.30. The quantitative estimate of drug-likeness (QED) is 0.719. The van der Waals surface area contributed by atoms with Crippen LogP contribution in [0.25, 0.3) is 0 Å². The van der Waals surface area contributed by atoms with E-state index in [1.165, 1.54) is 0 Å². The second-order valence-electron chi connectivity index (χ2n) is 5.14. The van der Waals surface area contributed by atoms with Crippen molar-refractivity contribution >= 4 is 5.91 Å². The van der Waals surface area contributed by atoms with Crippen molar-refractivity contribution in [1.82, 2.24) is 15.5 Å². The Morgan fingerprint density at radius 1 is 1.41 bits per heavy atom. The van der Waals surface area contributed by atoms with E-state index in [-0.39, 0.29) is 17.9 Å². The maximum absolute atomic E-state index is 12.1. The maximum atomic E-state index is 12.1. The summed E-state index contributed by atoms with van der Waals surface area (Å²) < 4.78 is 0. The lowest BCUT2D eigenvalue weighted by molar-refractivity contribution is -0.126. The fourth-order valence-corrected chi connectivity index (χ4v) is 2.43. The molecule has 0 aliphatic carbocycles. The molecule has 0 radical (unpaired) electrons. The van der Waals surface area contributed by atoms with Crippen molar-refractivity contribution in [3.8, 4) is 0 Å². The molecule has 0 spiro atoms. The number of likely N-dealkylation sites (N-methyl/N-ethyl adjacent to an activating group) is 1. The van der Waals surface area contributed by atoms with Gasteiger partial charge in [-0.2, -0.15) is 0 Å². The van der Waals surface area contributed by atoms with Crippen LogP contribution in [0.2, 0.25) is 0 Å². The summed E-state index contributed by atoms with van der Waals surface area (Å²) in [5.74, 6) is 0.812. The minimum atomic E-state index is 0.147. The van der Waals surface area contributed by atoms with Crippen molar-refractivity contribution in [2.75, 3.05) is 32.7 Å². The Kier molecular flexibility index (Phi) is 5.92. The van der Waals surface area contributed by atoms with Gasteiger partial charge in [0, 0.05) is 19.1 Å². The van der Waals surface area contributed by atoms with Crippen LogP contribution in [0.3, 0.4) is 0 Å². The Balaban J connectivity index is 2.34. The second-order valence-corrected chi connectivity index (χ2v) is 5.14. The molecule has 2 N–H and O–H groups in total. The highest BCUT2D eigenvalue weighted by atomic mass is 16.2. The van der Waals surface area contributed by atoms with Crippen LogP contribution in [-0.4, -0.2) is 49.6 Å². The molecule has 3 unspecified atom stereocenters. The minimum absolute atomic E-state index is 0.147. The SMILES string of the molecule is CCN(CC)CC(C)NC(=O)C1CNCC1C. The number of carbonyl (C=O) groups is 1. The van der Waals surface area contributed by atoms with Crippen molar-refractivity contribution in [2.45, 2.75) is 33.7 Å². The van der Waals surface area contributed by atoms with Crippen molar-refractivity contribution in [3.05, 3.63) is 0 Å². The van der Waals surface area contributed by atoms with Crippen LogP contribution in [0.15, 0.2) is 0 Å². The van der Waals surface area contributed by atoms with Crippen LogP contribution >= 0.6 is 0 Å². The molecule has 0 bridgehead atoms. The molecular formula is C13H27N3O. The summed E-state index contributed by atoms with van der Waals surface area (Å²) in [5, 5.41) is 6.40. The third kappa shape index (κ3) is 4.28. The summed E-state index contributed by atoms with van der Waals surface area (Å²) in [6, 6.07) is 0.232. The first-order valence-electron chi connectivity index (χ1n) is 6.81. The molecule has 1 heterocycles. The topological polar surface area (TPSA) is 44.4 Å². The van der Waals surface area contributed by atoms with Crippen LogP contribution in [0.1, 0.15) is 27.7 Å². The van der Waals surface area contributed by atoms with Gasteiger partial charge in [0.25, 0.3) is 0 Å². The molecule has 0 aromatic heterocycles. The van der Waals surface area contributed by atoms with Crippen LogP contribution in [-0.2, 0) is 4.79 Å². The normalized spacial score (nSPS) is 26.2. The Morgan fingerprint density at radius 3 is 2.53 bits per heavy atom. The van der Waals surface area contributed by atoms with Gasteiger partial charge in [0.2, 0.25) is 5.91 Å². The number of hydrogen-bond donors (Lipinski definition) is 2. The molecule has 1 aliphatic heterocycles. The van der Waals surface area contributed by atoms with Gasteiger partial charge in [-0.3, -0.25) is 4.79 Å². The number of nitrogens with zero attached hydrogens (tertiary/aromatic N) is 1. The predicted octanol–water partition coefficient (Wildman–Crippen LogP) is 0.688. The van der Waals surface area contributed by atoms with Gasteiger partial charge in [0.1, 0.15) is 0 Å². The summed E-state index contributed by atoms with van der Waals surface area (Å²) in [7, 11) is 0. The van der Waals surface area contributed by atoms with E-state index in [0.717, 1.165) is 32.7 Å². The van der Waals surface area contributed by atoms with Gasteiger partial charge in [-0.05, 0) is 32.5 Å². The first-order valence-corrected chi connectivity index (χ1v) is 6.81. The molecule has 100 valence electrons. The van der Waals surface area contributed by atoms with Gasteiger partial charge in [0.05, 0.1) is 5.92 Å². The van der Waals surface area contributed by atoms with Gasteiger partial charge in [0.15, 0.2) is 0 Å². The summed E-state index contributed by atoms with van der Waals surface area (Å²) in [6.07, 6.45) is 0. The van der Waals surface area contributed by atoms with Gasteiger partial charge in [-0.1, -0.05) is 20.8 Å². The first-order chi connectivity index (χ1) is 8.08. The van der Waals surface area contributed by atoms with Gasteiger partial charge >= 0.3 is 0 Å². The van der Waals surface area contributed by atoms with E-state index in [4.69, 9.17) is 0 Å². The summed E-state index contributed by atoms with van der Waals surface area (Å²) in [5.41, 5.74) is 0. The van der Waals surface area contributed by atoms with E-state index in [1.807, 2.05) is 0 Å². The van der Waals surface area contributed by atoms with Gasteiger partial charge < -0.3 is 15.5 Å². The molecule has 1 saturated heterocycles. The molecule has 1 aliphatic rings. The standard InChI is InChI=1S/C13H27N3O/c1-5-16(6-2)9-11(4)15-13(17)12-8-14-7-10(12)3/h10-12,14H,5-9H2,1-4H3,(H,15,17). The molecular weight excluding hydrogens is 214 g/mol. The number of nitrogens with one attached hydrogen (secondary N) is 2. The lowest BCUT2D eigenvalue weighted by Gasteiger charge is -2.25. The lowest BCUT2D eigenvalue weighted by Crippen LogP contribution is -2.45. The van der Waals surface area contributed by atoms with Crippen molar-refractivity contribution < 1.29 is 4.79 Å². The molecule has 1 amide bonds. The van der Waals surface area contributed by atoms with E-state index in [9.17, 15) is 4.79 Å². The Bertz CT molecular complexity index is 241. The lowest BCUT2D eigenvalue weighted by atomic mass is 9.97. The van der Waals surface area contributed by atoms with Crippen LogP contribution in [0, 0.1) is 11.8 Å². The average molecular weight is 241 g/mol. The van der Waals surface area contributed by atoms with Crippen molar-refractivity contribution in [1.29, 1.82) is 0 Å². The fourth-order valence-electron chi connectivity index (χ4n) is 2.43. The zero-order valence-electron chi connectivity index (χ0n) is 11.6. The van der Waals surface area contributed by atoms with Gasteiger partial charge in [-0.25, -0.2) is 0 Å². The van der Waals surface area contributed by atoms with Crippen molar-refractivity contribution in [2.24, 2.45) is 11.8 Å². The third-order valence-corrected chi connectivity index (χ3v) is 3.67. The summed E-state index contributed by atoms with van der Waals surface area (Å²) >= 11 is 0. The Labute approximate surface area is 105 Å². The van der Waals surface area contributed by atoms with Gasteiger partial charge in [-0.15, -0.1) is 0 Å². The number of rotatable bonds is 6. The van der Waals surface area contributed by atoms with E-state index >= 15 is 0 Å². The number of hydrogen-bond acceptors (Lipinski definition) is 3. The third-order valence-electron chi connectivity index (χ3n) is 3.67. The molecule has 0 saturated carbocycles. The average Bonchev–Trinajstić information content (AvgIpc) is 2.72. The minimum Gasteiger partial charge on any atom is -0.352 e. The highest BCUT2D eigenvalue weighted by molar-refractivity contribution is 5.79. The molecule has 4 nitrogen and oxygen atoms in total. The zero-order chi connectivity index (χ0) is 12.8. The molecule has 4 heteroatoms. The van der Waals surface area contributed by atoms with E-state index in [0.29, 0.717) is 5.92 Å². The molecule has 0 aromatic carbocycles. The van der Waals surface area contributed by atoms with E-state index in [2.05, 4.69) is 43.2 Å². The monoisotopic (exact) mass is 241 g/mol. The van der Waals surface area contributed by atoms with Crippen LogP contribution in [0.4, 0.5) is 0 Å². The Hall–Kier alpha value is -0.610. The largest absolute Gasteiger partial charge is 0.352 e. The molecule has 0 aromatic rings. The molecule has 3 atom stereocenters. The predicted molar refractivity (Wildman–Crippen MR) is 70.9 cm³/mol. The molecule has 1 rings (SSSR count). The summed E-state index contributed by atoms with van der Waals surface area (Å²) in [4.78, 5) is 14.4. The first kappa shape index (κ1) is 14.5. The zero-order valence-corrected chi connectivity index (χ0v) is 11.6. The highest BCUT2D eigenvalue weighted by Crippen LogP contribution is 2.15. The smallest absolute Gasteiger partial charge is 0.224 e. The maximum Gasteiger partial charge on any atom is 0.224 e. The summed E-state index contributed by atoms with van der Waals surface area (Å²) in [6.45, 7) is 13.3. The van der Waals surface area contributed by atoms with Crippen molar-refractivity contribution in [3.63, 3.8) is 0 Å².